The zero-order chi connectivity index (χ0) is 15.0. The third-order valence-corrected chi connectivity index (χ3v) is 3.50. The SMILES string of the molecule is CCN(CC(C)C(=O)O)C(=O)NCCN1CCNCC1. The molecule has 0 aromatic heterocycles. The molecule has 2 amide bonds. The molecule has 0 saturated carbocycles. The van der Waals surface area contributed by atoms with E-state index in [-0.39, 0.29) is 12.6 Å². The number of piperazine rings is 1. The van der Waals surface area contributed by atoms with Gasteiger partial charge in [-0.2, -0.15) is 0 Å². The Balaban J connectivity index is 2.26. The Labute approximate surface area is 120 Å². The van der Waals surface area contributed by atoms with Gasteiger partial charge in [-0.05, 0) is 6.92 Å². The summed E-state index contributed by atoms with van der Waals surface area (Å²) in [5.41, 5.74) is 0. The number of aliphatic carboxylic acids is 1. The van der Waals surface area contributed by atoms with E-state index in [0.717, 1.165) is 32.7 Å². The lowest BCUT2D eigenvalue weighted by molar-refractivity contribution is -0.141. The van der Waals surface area contributed by atoms with Crippen LogP contribution in [0.3, 0.4) is 0 Å². The lowest BCUT2D eigenvalue weighted by Crippen LogP contribution is -2.48. The number of carboxylic acid groups (broad SMARTS) is 1. The van der Waals surface area contributed by atoms with Crippen molar-refractivity contribution in [3.63, 3.8) is 0 Å². The molecule has 0 bridgehead atoms. The van der Waals surface area contributed by atoms with Crippen molar-refractivity contribution < 1.29 is 14.7 Å². The molecule has 1 heterocycles. The first-order chi connectivity index (χ1) is 9.54. The Morgan fingerprint density at radius 3 is 2.60 bits per heavy atom. The number of nitrogens with one attached hydrogen (secondary N) is 2. The number of hydrogen-bond donors (Lipinski definition) is 3. The molecule has 1 saturated heterocycles. The predicted octanol–water partition coefficient (Wildman–Crippen LogP) is -0.356. The predicted molar refractivity (Wildman–Crippen MR) is 76.8 cm³/mol. The minimum absolute atomic E-state index is 0.185. The molecule has 7 nitrogen and oxygen atoms in total. The van der Waals surface area contributed by atoms with Gasteiger partial charge in [0.05, 0.1) is 5.92 Å². The summed E-state index contributed by atoms with van der Waals surface area (Å²) in [4.78, 5) is 26.6. The normalized spacial score (nSPS) is 17.5. The summed E-state index contributed by atoms with van der Waals surface area (Å²) in [6.07, 6.45) is 0. The van der Waals surface area contributed by atoms with Crippen LogP contribution in [0, 0.1) is 5.92 Å². The molecule has 1 atom stereocenters. The molecule has 1 aliphatic rings. The summed E-state index contributed by atoms with van der Waals surface area (Å²) in [6, 6.07) is -0.185. The number of hydrogen-bond acceptors (Lipinski definition) is 4. The quantitative estimate of drug-likeness (QED) is 0.595. The van der Waals surface area contributed by atoms with Crippen LogP contribution in [0.2, 0.25) is 0 Å². The highest BCUT2D eigenvalue weighted by Gasteiger charge is 2.19. The molecule has 1 fully saturated rings. The van der Waals surface area contributed by atoms with E-state index in [4.69, 9.17) is 5.11 Å². The Morgan fingerprint density at radius 1 is 1.40 bits per heavy atom. The fourth-order valence-corrected chi connectivity index (χ4v) is 2.13. The zero-order valence-electron chi connectivity index (χ0n) is 12.4. The Hall–Kier alpha value is -1.34. The van der Waals surface area contributed by atoms with E-state index in [2.05, 4.69) is 15.5 Å². The number of nitrogens with zero attached hydrogens (tertiary/aromatic N) is 2. The van der Waals surface area contributed by atoms with E-state index >= 15 is 0 Å². The van der Waals surface area contributed by atoms with Crippen LogP contribution in [0.25, 0.3) is 0 Å². The minimum atomic E-state index is -0.878. The molecule has 1 rings (SSSR count). The largest absolute Gasteiger partial charge is 0.481 e. The lowest BCUT2D eigenvalue weighted by Gasteiger charge is -2.28. The van der Waals surface area contributed by atoms with Crippen LogP contribution in [-0.4, -0.2) is 79.3 Å². The minimum Gasteiger partial charge on any atom is -0.481 e. The zero-order valence-corrected chi connectivity index (χ0v) is 12.4. The van der Waals surface area contributed by atoms with E-state index < -0.39 is 11.9 Å². The third-order valence-electron chi connectivity index (χ3n) is 3.50. The topological polar surface area (TPSA) is 84.9 Å². The van der Waals surface area contributed by atoms with E-state index in [1.807, 2.05) is 6.92 Å². The average Bonchev–Trinajstić information content (AvgIpc) is 2.45. The number of carbonyl (C=O) groups is 2. The smallest absolute Gasteiger partial charge is 0.317 e. The molecule has 0 aromatic rings. The highest BCUT2D eigenvalue weighted by atomic mass is 16.4. The van der Waals surface area contributed by atoms with Crippen molar-refractivity contribution in [1.29, 1.82) is 0 Å². The van der Waals surface area contributed by atoms with Gasteiger partial charge in [-0.25, -0.2) is 4.79 Å². The fraction of sp³-hybridized carbons (Fsp3) is 0.846. The van der Waals surface area contributed by atoms with Crippen molar-refractivity contribution in [2.75, 3.05) is 52.4 Å². The van der Waals surface area contributed by atoms with Crippen LogP contribution in [0.5, 0.6) is 0 Å². The summed E-state index contributed by atoms with van der Waals surface area (Å²) < 4.78 is 0. The van der Waals surface area contributed by atoms with Crippen molar-refractivity contribution in [2.45, 2.75) is 13.8 Å². The van der Waals surface area contributed by atoms with Gasteiger partial charge in [0.25, 0.3) is 0 Å². The maximum Gasteiger partial charge on any atom is 0.317 e. The molecule has 0 radical (unpaired) electrons. The first kappa shape index (κ1) is 16.7. The van der Waals surface area contributed by atoms with Gasteiger partial charge in [-0.3, -0.25) is 9.69 Å². The van der Waals surface area contributed by atoms with Gasteiger partial charge in [-0.15, -0.1) is 0 Å². The lowest BCUT2D eigenvalue weighted by atomic mass is 10.2. The monoisotopic (exact) mass is 286 g/mol. The number of rotatable bonds is 7. The number of amides is 2. The Bertz CT molecular complexity index is 319. The Morgan fingerprint density at radius 2 is 2.05 bits per heavy atom. The number of carbonyl (C=O) groups excluding carboxylic acids is 1. The molecular formula is C13H26N4O3. The Kier molecular flexibility index (Phi) is 7.32. The molecule has 0 aliphatic carbocycles. The van der Waals surface area contributed by atoms with E-state index in [0.29, 0.717) is 13.1 Å². The van der Waals surface area contributed by atoms with Crippen LogP contribution < -0.4 is 10.6 Å². The summed E-state index contributed by atoms with van der Waals surface area (Å²) >= 11 is 0. The maximum atomic E-state index is 12.0. The molecule has 3 N–H and O–H groups in total. The van der Waals surface area contributed by atoms with Crippen molar-refractivity contribution >= 4 is 12.0 Å². The van der Waals surface area contributed by atoms with Gasteiger partial charge >= 0.3 is 12.0 Å². The second kappa shape index (κ2) is 8.76. The van der Waals surface area contributed by atoms with Crippen molar-refractivity contribution in [3.05, 3.63) is 0 Å². The number of carboxylic acids is 1. The second-order valence-corrected chi connectivity index (χ2v) is 5.10. The van der Waals surface area contributed by atoms with Crippen molar-refractivity contribution in [1.82, 2.24) is 20.4 Å². The maximum absolute atomic E-state index is 12.0. The van der Waals surface area contributed by atoms with E-state index in [9.17, 15) is 9.59 Å². The van der Waals surface area contributed by atoms with Crippen LogP contribution in [-0.2, 0) is 4.79 Å². The molecular weight excluding hydrogens is 260 g/mol. The van der Waals surface area contributed by atoms with Crippen LogP contribution in [0.15, 0.2) is 0 Å². The summed E-state index contributed by atoms with van der Waals surface area (Å²) in [5, 5.41) is 15.0. The van der Waals surface area contributed by atoms with Crippen LogP contribution >= 0.6 is 0 Å². The first-order valence-corrected chi connectivity index (χ1v) is 7.23. The van der Waals surface area contributed by atoms with Gasteiger partial charge in [0.2, 0.25) is 0 Å². The van der Waals surface area contributed by atoms with Gasteiger partial charge in [0.1, 0.15) is 0 Å². The molecule has 0 spiro atoms. The fourth-order valence-electron chi connectivity index (χ4n) is 2.13. The van der Waals surface area contributed by atoms with Crippen LogP contribution in [0.4, 0.5) is 4.79 Å². The molecule has 20 heavy (non-hydrogen) atoms. The highest BCUT2D eigenvalue weighted by Crippen LogP contribution is 2.00. The molecule has 1 unspecified atom stereocenters. The van der Waals surface area contributed by atoms with E-state index in [1.165, 1.54) is 4.90 Å². The van der Waals surface area contributed by atoms with Gasteiger partial charge < -0.3 is 20.6 Å². The molecule has 0 aromatic carbocycles. The third kappa shape index (κ3) is 5.75. The van der Waals surface area contributed by atoms with Gasteiger partial charge in [0.15, 0.2) is 0 Å². The van der Waals surface area contributed by atoms with E-state index in [1.54, 1.807) is 6.92 Å². The van der Waals surface area contributed by atoms with Gasteiger partial charge in [0, 0.05) is 52.4 Å². The first-order valence-electron chi connectivity index (χ1n) is 7.23. The summed E-state index contributed by atoms with van der Waals surface area (Å²) in [6.45, 7) is 9.63. The average molecular weight is 286 g/mol. The molecule has 7 heteroatoms. The number of urea groups is 1. The van der Waals surface area contributed by atoms with Gasteiger partial charge in [-0.1, -0.05) is 6.92 Å². The van der Waals surface area contributed by atoms with Crippen molar-refractivity contribution in [3.8, 4) is 0 Å². The standard InChI is InChI=1S/C13H26N4O3/c1-3-17(10-11(2)12(18)19)13(20)15-6-9-16-7-4-14-5-8-16/h11,14H,3-10H2,1-2H3,(H,15,20)(H,18,19). The molecule has 116 valence electrons. The van der Waals surface area contributed by atoms with Crippen molar-refractivity contribution in [2.24, 2.45) is 5.92 Å². The van der Waals surface area contributed by atoms with Crippen LogP contribution in [0.1, 0.15) is 13.8 Å². The molecule has 1 aliphatic heterocycles. The second-order valence-electron chi connectivity index (χ2n) is 5.10. The summed E-state index contributed by atoms with van der Waals surface area (Å²) in [5.74, 6) is -1.43. The highest BCUT2D eigenvalue weighted by molar-refractivity contribution is 5.75. The summed E-state index contributed by atoms with van der Waals surface area (Å²) in [7, 11) is 0.